The lowest BCUT2D eigenvalue weighted by Crippen LogP contribution is -2.50. The molecule has 2 fully saturated rings. The summed E-state index contributed by atoms with van der Waals surface area (Å²) in [4.78, 5) is 12.4. The zero-order chi connectivity index (χ0) is 12.3. The van der Waals surface area contributed by atoms with Crippen LogP contribution in [0.4, 0.5) is 0 Å². The Morgan fingerprint density at radius 3 is 2.53 bits per heavy atom. The van der Waals surface area contributed by atoms with E-state index in [1.54, 1.807) is 0 Å². The van der Waals surface area contributed by atoms with Crippen molar-refractivity contribution in [2.45, 2.75) is 58.4 Å². The molecule has 1 aliphatic heterocycles. The van der Waals surface area contributed by atoms with Crippen molar-refractivity contribution in [1.29, 1.82) is 0 Å². The van der Waals surface area contributed by atoms with E-state index in [4.69, 9.17) is 0 Å². The second kappa shape index (κ2) is 5.38. The second-order valence-electron chi connectivity index (χ2n) is 6.15. The van der Waals surface area contributed by atoms with Crippen LogP contribution >= 0.6 is 0 Å². The Hall–Kier alpha value is -0.570. The molecule has 2 atom stereocenters. The van der Waals surface area contributed by atoms with Gasteiger partial charge < -0.3 is 10.6 Å². The van der Waals surface area contributed by atoms with Gasteiger partial charge in [-0.15, -0.1) is 0 Å². The molecule has 0 radical (unpaired) electrons. The van der Waals surface area contributed by atoms with Gasteiger partial charge in [0.2, 0.25) is 5.91 Å². The summed E-state index contributed by atoms with van der Waals surface area (Å²) in [5, 5.41) is 6.64. The topological polar surface area (TPSA) is 41.1 Å². The third kappa shape index (κ3) is 3.01. The highest BCUT2D eigenvalue weighted by Gasteiger charge is 2.36. The van der Waals surface area contributed by atoms with Gasteiger partial charge >= 0.3 is 0 Å². The molecule has 3 heteroatoms. The Labute approximate surface area is 105 Å². The summed E-state index contributed by atoms with van der Waals surface area (Å²) in [6, 6.07) is 0.419. The van der Waals surface area contributed by atoms with Crippen molar-refractivity contribution in [2.24, 2.45) is 11.3 Å². The Morgan fingerprint density at radius 1 is 1.24 bits per heavy atom. The van der Waals surface area contributed by atoms with E-state index in [0.717, 1.165) is 25.9 Å². The molecule has 0 aromatic carbocycles. The summed E-state index contributed by atoms with van der Waals surface area (Å²) < 4.78 is 0. The van der Waals surface area contributed by atoms with Gasteiger partial charge in [0, 0.05) is 11.5 Å². The van der Waals surface area contributed by atoms with Gasteiger partial charge in [0.05, 0.1) is 0 Å². The van der Waals surface area contributed by atoms with Crippen LogP contribution in [0, 0.1) is 11.3 Å². The van der Waals surface area contributed by atoms with Crippen LogP contribution in [-0.4, -0.2) is 25.0 Å². The van der Waals surface area contributed by atoms with Crippen molar-refractivity contribution >= 4 is 5.91 Å². The molecule has 0 spiro atoms. The number of nitrogens with one attached hydrogen (secondary N) is 2. The first kappa shape index (κ1) is 12.9. The number of carbonyl (C=O) groups is 1. The molecule has 2 N–H and O–H groups in total. The summed E-state index contributed by atoms with van der Waals surface area (Å²) in [6.07, 6.45) is 6.98. The normalized spacial score (nSPS) is 33.1. The lowest BCUT2D eigenvalue weighted by molar-refractivity contribution is -0.132. The minimum atomic E-state index is -0.136. The largest absolute Gasteiger partial charge is 0.353 e. The number of hydrogen-bond acceptors (Lipinski definition) is 2. The molecule has 1 saturated carbocycles. The van der Waals surface area contributed by atoms with Crippen molar-refractivity contribution in [3.05, 3.63) is 0 Å². The summed E-state index contributed by atoms with van der Waals surface area (Å²) in [7, 11) is 0. The van der Waals surface area contributed by atoms with E-state index in [-0.39, 0.29) is 11.3 Å². The summed E-state index contributed by atoms with van der Waals surface area (Å²) in [6.45, 7) is 6.35. The first-order chi connectivity index (χ1) is 8.12. The maximum absolute atomic E-state index is 12.4. The standard InChI is InChI=1S/C14H26N2O/c1-11-5-3-4-6-12(11)16-13(17)14(2)7-9-15-10-8-14/h11-12,15H,3-10H2,1-2H3,(H,16,17). The molecule has 0 aromatic heterocycles. The van der Waals surface area contributed by atoms with Gasteiger partial charge in [-0.3, -0.25) is 4.79 Å². The van der Waals surface area contributed by atoms with Crippen LogP contribution in [0.15, 0.2) is 0 Å². The van der Waals surface area contributed by atoms with Crippen molar-refractivity contribution < 1.29 is 4.79 Å². The van der Waals surface area contributed by atoms with Crippen LogP contribution < -0.4 is 10.6 Å². The van der Waals surface area contributed by atoms with E-state index < -0.39 is 0 Å². The van der Waals surface area contributed by atoms with Gasteiger partial charge in [-0.2, -0.15) is 0 Å². The number of hydrogen-bond donors (Lipinski definition) is 2. The van der Waals surface area contributed by atoms with Crippen molar-refractivity contribution in [2.75, 3.05) is 13.1 Å². The number of piperidine rings is 1. The average Bonchev–Trinajstić information content (AvgIpc) is 2.33. The molecule has 1 aliphatic carbocycles. The molecule has 17 heavy (non-hydrogen) atoms. The smallest absolute Gasteiger partial charge is 0.226 e. The molecule has 1 heterocycles. The van der Waals surface area contributed by atoms with Crippen LogP contribution in [-0.2, 0) is 4.79 Å². The molecule has 3 nitrogen and oxygen atoms in total. The zero-order valence-electron chi connectivity index (χ0n) is 11.2. The Morgan fingerprint density at radius 2 is 1.88 bits per heavy atom. The number of rotatable bonds is 2. The Bertz CT molecular complexity index is 271. The molecule has 98 valence electrons. The van der Waals surface area contributed by atoms with Gasteiger partial charge in [0.1, 0.15) is 0 Å². The molecule has 2 unspecified atom stereocenters. The molecule has 1 amide bonds. The summed E-state index contributed by atoms with van der Waals surface area (Å²) in [5.74, 6) is 0.941. The zero-order valence-corrected chi connectivity index (χ0v) is 11.2. The molecule has 2 aliphatic rings. The Kier molecular flexibility index (Phi) is 4.08. The van der Waals surface area contributed by atoms with Crippen molar-refractivity contribution in [3.8, 4) is 0 Å². The fourth-order valence-electron chi connectivity index (χ4n) is 3.08. The van der Waals surface area contributed by atoms with E-state index in [2.05, 4.69) is 24.5 Å². The highest BCUT2D eigenvalue weighted by atomic mass is 16.2. The van der Waals surface area contributed by atoms with Gasteiger partial charge in [0.15, 0.2) is 0 Å². The molecule has 0 bridgehead atoms. The van der Waals surface area contributed by atoms with E-state index in [1.807, 2.05) is 0 Å². The van der Waals surface area contributed by atoms with Crippen LogP contribution in [0.25, 0.3) is 0 Å². The summed E-state index contributed by atoms with van der Waals surface area (Å²) in [5.41, 5.74) is -0.136. The fourth-order valence-corrected chi connectivity index (χ4v) is 3.08. The van der Waals surface area contributed by atoms with Gasteiger partial charge in [0.25, 0.3) is 0 Å². The van der Waals surface area contributed by atoms with Crippen molar-refractivity contribution in [3.63, 3.8) is 0 Å². The lowest BCUT2D eigenvalue weighted by Gasteiger charge is -2.36. The minimum Gasteiger partial charge on any atom is -0.353 e. The molecule has 2 rings (SSSR count). The maximum atomic E-state index is 12.4. The monoisotopic (exact) mass is 238 g/mol. The van der Waals surface area contributed by atoms with Crippen LogP contribution in [0.5, 0.6) is 0 Å². The van der Waals surface area contributed by atoms with Crippen LogP contribution in [0.1, 0.15) is 52.4 Å². The molecular weight excluding hydrogens is 212 g/mol. The maximum Gasteiger partial charge on any atom is 0.226 e. The van der Waals surface area contributed by atoms with Crippen LogP contribution in [0.2, 0.25) is 0 Å². The molecule has 1 saturated heterocycles. The highest BCUT2D eigenvalue weighted by Crippen LogP contribution is 2.30. The highest BCUT2D eigenvalue weighted by molar-refractivity contribution is 5.82. The van der Waals surface area contributed by atoms with Crippen LogP contribution in [0.3, 0.4) is 0 Å². The first-order valence-electron chi connectivity index (χ1n) is 7.13. The second-order valence-corrected chi connectivity index (χ2v) is 6.15. The average molecular weight is 238 g/mol. The molecular formula is C14H26N2O. The third-order valence-electron chi connectivity index (χ3n) is 4.68. The lowest BCUT2D eigenvalue weighted by atomic mass is 9.79. The van der Waals surface area contributed by atoms with Gasteiger partial charge in [-0.05, 0) is 44.7 Å². The third-order valence-corrected chi connectivity index (χ3v) is 4.68. The van der Waals surface area contributed by atoms with Crippen molar-refractivity contribution in [1.82, 2.24) is 10.6 Å². The predicted molar refractivity (Wildman–Crippen MR) is 69.8 cm³/mol. The Balaban J connectivity index is 1.90. The van der Waals surface area contributed by atoms with E-state index in [9.17, 15) is 4.79 Å². The minimum absolute atomic E-state index is 0.136. The summed E-state index contributed by atoms with van der Waals surface area (Å²) >= 11 is 0. The fraction of sp³-hybridized carbons (Fsp3) is 0.929. The quantitative estimate of drug-likeness (QED) is 0.773. The first-order valence-corrected chi connectivity index (χ1v) is 7.13. The van der Waals surface area contributed by atoms with E-state index >= 15 is 0 Å². The van der Waals surface area contributed by atoms with Gasteiger partial charge in [-0.25, -0.2) is 0 Å². The van der Waals surface area contributed by atoms with Gasteiger partial charge in [-0.1, -0.05) is 26.7 Å². The SMILES string of the molecule is CC1CCCCC1NC(=O)C1(C)CCNCC1. The van der Waals surface area contributed by atoms with E-state index in [0.29, 0.717) is 12.0 Å². The number of amides is 1. The van der Waals surface area contributed by atoms with E-state index in [1.165, 1.54) is 25.7 Å². The molecule has 0 aromatic rings. The number of carbonyl (C=O) groups excluding carboxylic acids is 1. The predicted octanol–water partition coefficient (Wildman–Crippen LogP) is 2.07.